The Morgan fingerprint density at radius 1 is 1.07 bits per heavy atom. The molecule has 3 fully saturated rings. The predicted octanol–water partition coefficient (Wildman–Crippen LogP) is 4.20. The lowest BCUT2D eigenvalue weighted by molar-refractivity contribution is -0.123. The monoisotopic (exact) mass is 614 g/mol. The lowest BCUT2D eigenvalue weighted by Crippen LogP contribution is -2.37. The molecule has 4 aromatic rings. The number of nitrogens with one attached hydrogen (secondary N) is 3. The number of fused-ring (bicyclic) bond motifs is 1. The summed E-state index contributed by atoms with van der Waals surface area (Å²) in [6.07, 6.45) is 5.95. The van der Waals surface area contributed by atoms with Crippen molar-refractivity contribution < 1.29 is 15.0 Å². The van der Waals surface area contributed by atoms with Crippen molar-refractivity contribution in [2.45, 2.75) is 63.2 Å². The van der Waals surface area contributed by atoms with Crippen LogP contribution in [0.1, 0.15) is 49.4 Å². The van der Waals surface area contributed by atoms with Crippen molar-refractivity contribution in [2.24, 2.45) is 11.8 Å². The first kappa shape index (κ1) is 28.2. The van der Waals surface area contributed by atoms with Crippen LogP contribution in [0, 0.1) is 18.8 Å². The Balaban J connectivity index is 0.00000302. The summed E-state index contributed by atoms with van der Waals surface area (Å²) in [6.45, 7) is 2.74. The second-order valence-corrected chi connectivity index (χ2v) is 12.8. The fourth-order valence-corrected chi connectivity index (χ4v) is 6.90. The van der Waals surface area contributed by atoms with Gasteiger partial charge in [0.25, 0.3) is 0 Å². The molecule has 41 heavy (non-hydrogen) atoms. The topological polar surface area (TPSA) is 158 Å². The highest BCUT2D eigenvalue weighted by Crippen LogP contribution is 2.44. The van der Waals surface area contributed by atoms with Crippen molar-refractivity contribution in [1.82, 2.24) is 24.9 Å². The van der Waals surface area contributed by atoms with E-state index in [1.807, 2.05) is 19.2 Å². The normalized spacial score (nSPS) is 23.8. The molecule has 0 radical (unpaired) electrons. The molecular weight excluding hydrogens is 584 g/mol. The number of aliphatic hydroxyl groups is 2. The summed E-state index contributed by atoms with van der Waals surface area (Å²) in [4.78, 5) is 36.2. The average molecular weight is 615 g/mol. The Hall–Kier alpha value is -2.97. The molecular formula is C27H31ClN8O3S2. The van der Waals surface area contributed by atoms with Gasteiger partial charge in [0.1, 0.15) is 22.4 Å². The van der Waals surface area contributed by atoms with Crippen LogP contribution in [0.15, 0.2) is 23.8 Å². The number of amides is 1. The van der Waals surface area contributed by atoms with Crippen LogP contribution in [0.3, 0.4) is 0 Å². The van der Waals surface area contributed by atoms with Crippen LogP contribution in [0.5, 0.6) is 0 Å². The first-order valence-corrected chi connectivity index (χ1v) is 15.4. The van der Waals surface area contributed by atoms with Crippen molar-refractivity contribution in [3.05, 3.63) is 35.2 Å². The van der Waals surface area contributed by atoms with Gasteiger partial charge in [-0.3, -0.25) is 9.78 Å². The van der Waals surface area contributed by atoms with Crippen LogP contribution in [-0.2, 0) is 4.79 Å². The maximum atomic E-state index is 12.9. The van der Waals surface area contributed by atoms with Crippen molar-refractivity contribution >= 4 is 68.1 Å². The van der Waals surface area contributed by atoms with E-state index in [1.165, 1.54) is 24.2 Å². The van der Waals surface area contributed by atoms with Gasteiger partial charge >= 0.3 is 0 Å². The van der Waals surface area contributed by atoms with Crippen LogP contribution >= 0.6 is 35.1 Å². The Morgan fingerprint density at radius 3 is 2.63 bits per heavy atom. The zero-order valence-electron chi connectivity index (χ0n) is 22.3. The van der Waals surface area contributed by atoms with Gasteiger partial charge in [-0.25, -0.2) is 15.0 Å². The van der Waals surface area contributed by atoms with Crippen LogP contribution < -0.4 is 16.0 Å². The number of aromatic nitrogens is 5. The maximum absolute atomic E-state index is 12.9. The van der Waals surface area contributed by atoms with E-state index in [4.69, 9.17) is 15.0 Å². The Kier molecular flexibility index (Phi) is 7.81. The van der Waals surface area contributed by atoms with E-state index in [2.05, 4.69) is 25.9 Å². The highest BCUT2D eigenvalue weighted by Gasteiger charge is 2.45. The molecule has 14 heteroatoms. The van der Waals surface area contributed by atoms with Crippen molar-refractivity contribution in [2.75, 3.05) is 22.5 Å². The van der Waals surface area contributed by atoms with Gasteiger partial charge in [0.15, 0.2) is 5.13 Å². The van der Waals surface area contributed by atoms with E-state index in [1.54, 1.807) is 22.9 Å². The minimum atomic E-state index is -1.23. The molecule has 7 rings (SSSR count). The zero-order chi connectivity index (χ0) is 27.4. The smallest absolute Gasteiger partial charge is 0.232 e. The molecule has 216 valence electrons. The van der Waals surface area contributed by atoms with E-state index < -0.39 is 24.2 Å². The molecule has 0 unspecified atom stereocenters. The lowest BCUT2D eigenvalue weighted by Gasteiger charge is -2.21. The third kappa shape index (κ3) is 5.73. The molecule has 4 heterocycles. The summed E-state index contributed by atoms with van der Waals surface area (Å²) in [5.41, 5.74) is 3.46. The second-order valence-electron chi connectivity index (χ2n) is 10.9. The molecule has 0 saturated heterocycles. The van der Waals surface area contributed by atoms with Gasteiger partial charge in [-0.15, -0.1) is 35.1 Å². The molecule has 1 amide bonds. The van der Waals surface area contributed by atoms with E-state index in [9.17, 15) is 15.0 Å². The summed E-state index contributed by atoms with van der Waals surface area (Å²) >= 11 is 2.87. The number of halogens is 1. The van der Waals surface area contributed by atoms with Crippen LogP contribution in [0.25, 0.3) is 20.8 Å². The highest BCUT2D eigenvalue weighted by molar-refractivity contribution is 7.21. The third-order valence-electron chi connectivity index (χ3n) is 7.85. The number of aryl methyl sites for hydroxylation is 1. The van der Waals surface area contributed by atoms with Gasteiger partial charge in [-0.2, -0.15) is 4.98 Å². The number of aliphatic hydroxyl groups excluding tert-OH is 2. The molecule has 4 atom stereocenters. The van der Waals surface area contributed by atoms with Crippen LogP contribution in [0.4, 0.5) is 16.9 Å². The summed E-state index contributed by atoms with van der Waals surface area (Å²) < 4.78 is 1.06. The molecule has 4 aromatic heterocycles. The average Bonchev–Trinajstić information content (AvgIpc) is 3.84. The zero-order valence-corrected chi connectivity index (χ0v) is 24.7. The van der Waals surface area contributed by atoms with Crippen molar-refractivity contribution in [3.63, 3.8) is 0 Å². The molecule has 0 aromatic carbocycles. The molecule has 0 bridgehead atoms. The fourth-order valence-electron chi connectivity index (χ4n) is 5.30. The quantitative estimate of drug-likeness (QED) is 0.185. The Labute approximate surface area is 250 Å². The number of pyridine rings is 1. The molecule has 0 aliphatic heterocycles. The third-order valence-corrected chi connectivity index (χ3v) is 9.58. The number of rotatable bonds is 9. The van der Waals surface area contributed by atoms with Gasteiger partial charge in [-0.05, 0) is 51.0 Å². The summed E-state index contributed by atoms with van der Waals surface area (Å²) in [7, 11) is 0. The number of carbonyl (C=O) groups is 1. The number of hydrogen-bond acceptors (Lipinski definition) is 12. The molecule has 3 aliphatic rings. The number of anilines is 3. The minimum absolute atomic E-state index is 0. The molecule has 0 spiro atoms. The first-order valence-electron chi connectivity index (χ1n) is 13.7. The van der Waals surface area contributed by atoms with Crippen molar-refractivity contribution in [3.8, 4) is 10.6 Å². The molecule has 5 N–H and O–H groups in total. The SMILES string of the molecule is Cc1nc(NCC2CC2)nc(N[C@@H]2C[C@H](C(=O)Nc3nccs3)[C@@H](O)[C@H]2O)c1-c1nc2c(C3CC3)nccc2s1.Cl. The Bertz CT molecular complexity index is 1560. The summed E-state index contributed by atoms with van der Waals surface area (Å²) in [5, 5.41) is 34.2. The largest absolute Gasteiger partial charge is 0.390 e. The fraction of sp³-hybridized carbons (Fsp3) is 0.481. The number of nitrogens with zero attached hydrogens (tertiary/aromatic N) is 5. The van der Waals surface area contributed by atoms with Gasteiger partial charge in [0, 0.05) is 30.2 Å². The minimum Gasteiger partial charge on any atom is -0.390 e. The number of carbonyl (C=O) groups excluding carboxylic acids is 1. The Morgan fingerprint density at radius 2 is 1.90 bits per heavy atom. The second kappa shape index (κ2) is 11.4. The van der Waals surface area contributed by atoms with E-state index in [0.717, 1.165) is 51.6 Å². The summed E-state index contributed by atoms with van der Waals surface area (Å²) in [6, 6.07) is 1.38. The summed E-state index contributed by atoms with van der Waals surface area (Å²) in [5.74, 6) is 0.950. The standard InChI is InChI=1S/C27H30N8O3S2.ClH/c1-12-18(25-33-20-17(40-25)6-7-28-19(20)14-4-5-14)23(34-26(31-12)30-11-13-2-3-13)32-16-10-15(21(36)22(16)37)24(38)35-27-29-8-9-39-27;/h6-9,13-16,21-22,36-37H,2-5,10-11H2,1H3,(H,29,35,38)(H2,30,31,32,34);1H/t15-,16+,21+,22-;/m0./s1. The maximum Gasteiger partial charge on any atom is 0.232 e. The van der Waals surface area contributed by atoms with Gasteiger partial charge < -0.3 is 26.2 Å². The van der Waals surface area contributed by atoms with Gasteiger partial charge in [0.2, 0.25) is 11.9 Å². The molecule has 3 aliphatic carbocycles. The molecule has 3 saturated carbocycles. The van der Waals surface area contributed by atoms with E-state index in [0.29, 0.717) is 28.7 Å². The first-order chi connectivity index (χ1) is 19.4. The number of thiazole rings is 2. The van der Waals surface area contributed by atoms with Crippen LogP contribution in [-0.4, -0.2) is 65.8 Å². The predicted molar refractivity (Wildman–Crippen MR) is 162 cm³/mol. The van der Waals surface area contributed by atoms with Gasteiger partial charge in [-0.1, -0.05) is 0 Å². The van der Waals surface area contributed by atoms with Crippen molar-refractivity contribution in [1.29, 1.82) is 0 Å². The van der Waals surface area contributed by atoms with E-state index in [-0.39, 0.29) is 24.7 Å². The highest BCUT2D eigenvalue weighted by atomic mass is 35.5. The van der Waals surface area contributed by atoms with Gasteiger partial charge in [0.05, 0.1) is 39.7 Å². The van der Waals surface area contributed by atoms with E-state index >= 15 is 0 Å². The number of hydrogen-bond donors (Lipinski definition) is 5. The molecule has 11 nitrogen and oxygen atoms in total. The lowest BCUT2D eigenvalue weighted by atomic mass is 10.1. The van der Waals surface area contributed by atoms with Crippen LogP contribution in [0.2, 0.25) is 0 Å².